The molecule has 0 aliphatic heterocycles. The number of ether oxygens (including phenoxy) is 1. The highest BCUT2D eigenvalue weighted by atomic mass is 79.9. The molecule has 1 unspecified atom stereocenters. The Hall–Kier alpha value is -0.740. The van der Waals surface area contributed by atoms with Crippen LogP contribution in [0.1, 0.15) is 19.8 Å². The van der Waals surface area contributed by atoms with Crippen molar-refractivity contribution in [3.8, 4) is 5.75 Å². The lowest BCUT2D eigenvalue weighted by atomic mass is 10.2. The minimum absolute atomic E-state index is 0.477. The normalized spacial score (nSPS) is 12.2. The van der Waals surface area contributed by atoms with Crippen LogP contribution in [0.4, 0.5) is 0 Å². The van der Waals surface area contributed by atoms with Crippen molar-refractivity contribution < 1.29 is 14.6 Å². The molecule has 0 spiro atoms. The summed E-state index contributed by atoms with van der Waals surface area (Å²) in [5, 5.41) is 9.52. The molecule has 0 aliphatic rings. The zero-order chi connectivity index (χ0) is 12.1. The molecule has 0 aliphatic carbocycles. The van der Waals surface area contributed by atoms with Gasteiger partial charge in [-0.3, -0.25) is 0 Å². The first-order valence-corrected chi connectivity index (χ1v) is 6.06. The van der Waals surface area contributed by atoms with Crippen molar-refractivity contribution in [2.75, 3.05) is 0 Å². The number of rotatable bonds is 5. The minimum Gasteiger partial charge on any atom is -0.479 e. The van der Waals surface area contributed by atoms with Crippen LogP contribution in [0.25, 0.3) is 0 Å². The molecular weight excluding hydrogens is 295 g/mol. The maximum absolute atomic E-state index is 10.9. The highest BCUT2D eigenvalue weighted by molar-refractivity contribution is 9.10. The van der Waals surface area contributed by atoms with Gasteiger partial charge in [0.2, 0.25) is 0 Å². The first kappa shape index (κ1) is 13.3. The van der Waals surface area contributed by atoms with Gasteiger partial charge in [0.1, 0.15) is 5.75 Å². The lowest BCUT2D eigenvalue weighted by Gasteiger charge is -2.15. The summed E-state index contributed by atoms with van der Waals surface area (Å²) >= 11 is 9.05. The van der Waals surface area contributed by atoms with Gasteiger partial charge in [0.25, 0.3) is 0 Å². The van der Waals surface area contributed by atoms with Crippen LogP contribution in [-0.2, 0) is 4.79 Å². The molecule has 0 fully saturated rings. The Balaban J connectivity index is 2.81. The summed E-state index contributed by atoms with van der Waals surface area (Å²) in [4.78, 5) is 10.9. The second kappa shape index (κ2) is 6.11. The van der Waals surface area contributed by atoms with E-state index >= 15 is 0 Å². The summed E-state index contributed by atoms with van der Waals surface area (Å²) in [7, 11) is 0. The molecule has 3 nitrogen and oxygen atoms in total. The Labute approximate surface area is 107 Å². The SMILES string of the molecule is CCCC(Oc1ccc(Cl)cc1Br)C(=O)O. The molecule has 0 saturated carbocycles. The lowest BCUT2D eigenvalue weighted by molar-refractivity contribution is -0.145. The molecule has 0 amide bonds. The van der Waals surface area contributed by atoms with Crippen molar-refractivity contribution in [1.29, 1.82) is 0 Å². The fraction of sp³-hybridized carbons (Fsp3) is 0.364. The average Bonchev–Trinajstić information content (AvgIpc) is 2.20. The van der Waals surface area contributed by atoms with Crippen molar-refractivity contribution in [2.45, 2.75) is 25.9 Å². The van der Waals surface area contributed by atoms with E-state index in [1.807, 2.05) is 6.92 Å². The standard InChI is InChI=1S/C11H12BrClO3/c1-2-3-10(11(14)15)16-9-5-4-7(13)6-8(9)12/h4-6,10H,2-3H2,1H3,(H,14,15). The summed E-state index contributed by atoms with van der Waals surface area (Å²) in [5.41, 5.74) is 0. The number of hydrogen-bond acceptors (Lipinski definition) is 2. The minimum atomic E-state index is -0.955. The summed E-state index contributed by atoms with van der Waals surface area (Å²) in [6.45, 7) is 1.91. The Morgan fingerprint density at radius 3 is 2.81 bits per heavy atom. The molecule has 0 aromatic heterocycles. The number of carboxylic acids is 1. The van der Waals surface area contributed by atoms with Crippen molar-refractivity contribution in [3.63, 3.8) is 0 Å². The molecule has 1 rings (SSSR count). The first-order valence-electron chi connectivity index (χ1n) is 4.89. The van der Waals surface area contributed by atoms with Gasteiger partial charge in [0, 0.05) is 5.02 Å². The Bertz CT molecular complexity index is 381. The summed E-state index contributed by atoms with van der Waals surface area (Å²) in [5.74, 6) is -0.464. The maximum atomic E-state index is 10.9. The highest BCUT2D eigenvalue weighted by Crippen LogP contribution is 2.29. The predicted molar refractivity (Wildman–Crippen MR) is 66.1 cm³/mol. The third-order valence-electron chi connectivity index (χ3n) is 1.99. The monoisotopic (exact) mass is 306 g/mol. The van der Waals surface area contributed by atoms with Crippen molar-refractivity contribution >= 4 is 33.5 Å². The van der Waals surface area contributed by atoms with Crippen LogP contribution in [-0.4, -0.2) is 17.2 Å². The quantitative estimate of drug-likeness (QED) is 0.901. The first-order chi connectivity index (χ1) is 7.54. The maximum Gasteiger partial charge on any atom is 0.344 e. The highest BCUT2D eigenvalue weighted by Gasteiger charge is 2.19. The molecule has 88 valence electrons. The molecular formula is C11H12BrClO3. The topological polar surface area (TPSA) is 46.5 Å². The molecule has 0 saturated heterocycles. The van der Waals surface area contributed by atoms with Gasteiger partial charge < -0.3 is 9.84 Å². The van der Waals surface area contributed by atoms with Gasteiger partial charge in [-0.05, 0) is 40.5 Å². The molecule has 0 heterocycles. The molecule has 1 N–H and O–H groups in total. The molecule has 0 radical (unpaired) electrons. The van der Waals surface area contributed by atoms with E-state index in [9.17, 15) is 4.79 Å². The van der Waals surface area contributed by atoms with E-state index in [1.54, 1.807) is 18.2 Å². The van der Waals surface area contributed by atoms with Gasteiger partial charge in [-0.2, -0.15) is 0 Å². The number of carboxylic acid groups (broad SMARTS) is 1. The Kier molecular flexibility index (Phi) is 5.09. The molecule has 16 heavy (non-hydrogen) atoms. The van der Waals surface area contributed by atoms with Crippen LogP contribution >= 0.6 is 27.5 Å². The predicted octanol–water partition coefficient (Wildman–Crippen LogP) is 3.73. The van der Waals surface area contributed by atoms with Crippen LogP contribution in [0.2, 0.25) is 5.02 Å². The average molecular weight is 308 g/mol. The molecule has 1 aromatic rings. The van der Waals surface area contributed by atoms with Crippen molar-refractivity contribution in [2.24, 2.45) is 0 Å². The fourth-order valence-corrected chi connectivity index (χ4v) is 2.00. The van der Waals surface area contributed by atoms with E-state index in [4.69, 9.17) is 21.4 Å². The van der Waals surface area contributed by atoms with Gasteiger partial charge in [-0.15, -0.1) is 0 Å². The van der Waals surface area contributed by atoms with Gasteiger partial charge >= 0.3 is 5.97 Å². The van der Waals surface area contributed by atoms with Gasteiger partial charge in [-0.25, -0.2) is 4.79 Å². The van der Waals surface area contributed by atoms with Crippen molar-refractivity contribution in [3.05, 3.63) is 27.7 Å². The van der Waals surface area contributed by atoms with Crippen LogP contribution in [0.3, 0.4) is 0 Å². The Morgan fingerprint density at radius 1 is 1.62 bits per heavy atom. The third-order valence-corrected chi connectivity index (χ3v) is 2.84. The van der Waals surface area contributed by atoms with Crippen LogP contribution in [0.15, 0.2) is 22.7 Å². The van der Waals surface area contributed by atoms with Crippen LogP contribution < -0.4 is 4.74 Å². The molecule has 0 bridgehead atoms. The number of halogens is 2. The molecule has 1 aromatic carbocycles. The summed E-state index contributed by atoms with van der Waals surface area (Å²) in [6, 6.07) is 4.98. The number of hydrogen-bond donors (Lipinski definition) is 1. The number of benzene rings is 1. The zero-order valence-electron chi connectivity index (χ0n) is 8.74. The molecule has 1 atom stereocenters. The summed E-state index contributed by atoms with van der Waals surface area (Å²) in [6.07, 6.45) is 0.412. The van der Waals surface area contributed by atoms with Gasteiger partial charge in [-0.1, -0.05) is 24.9 Å². The number of aliphatic carboxylic acids is 1. The fourth-order valence-electron chi connectivity index (χ4n) is 1.22. The van der Waals surface area contributed by atoms with Crippen molar-refractivity contribution in [1.82, 2.24) is 0 Å². The second-order valence-electron chi connectivity index (χ2n) is 3.31. The zero-order valence-corrected chi connectivity index (χ0v) is 11.1. The summed E-state index contributed by atoms with van der Waals surface area (Å²) < 4.78 is 6.05. The van der Waals surface area contributed by atoms with E-state index in [1.165, 1.54) is 0 Å². The third kappa shape index (κ3) is 3.68. The second-order valence-corrected chi connectivity index (χ2v) is 4.60. The van der Waals surface area contributed by atoms with E-state index in [0.29, 0.717) is 21.7 Å². The van der Waals surface area contributed by atoms with E-state index in [-0.39, 0.29) is 0 Å². The van der Waals surface area contributed by atoms with Crippen LogP contribution in [0.5, 0.6) is 5.75 Å². The smallest absolute Gasteiger partial charge is 0.344 e. The van der Waals surface area contributed by atoms with Gasteiger partial charge in [0.05, 0.1) is 4.47 Å². The largest absolute Gasteiger partial charge is 0.479 e. The Morgan fingerprint density at radius 2 is 2.31 bits per heavy atom. The van der Waals surface area contributed by atoms with E-state index in [0.717, 1.165) is 6.42 Å². The number of carbonyl (C=O) groups is 1. The van der Waals surface area contributed by atoms with E-state index < -0.39 is 12.1 Å². The lowest BCUT2D eigenvalue weighted by Crippen LogP contribution is -2.26. The van der Waals surface area contributed by atoms with Gasteiger partial charge in [0.15, 0.2) is 6.10 Å². The van der Waals surface area contributed by atoms with Crippen LogP contribution in [0, 0.1) is 0 Å². The molecule has 5 heteroatoms. The van der Waals surface area contributed by atoms with E-state index in [2.05, 4.69) is 15.9 Å².